The average molecular weight is 493 g/mol. The molecule has 0 amide bonds. The molecule has 0 aliphatic heterocycles. The van der Waals surface area contributed by atoms with Crippen molar-refractivity contribution in [1.29, 1.82) is 5.41 Å². The molecule has 2 rings (SSSR count). The zero-order chi connectivity index (χ0) is 25.3. The maximum Gasteiger partial charge on any atom is 0.266 e. The Morgan fingerprint density at radius 1 is 1.26 bits per heavy atom. The van der Waals surface area contributed by atoms with Crippen LogP contribution in [-0.4, -0.2) is 44.3 Å². The minimum absolute atomic E-state index is 0.0224. The summed E-state index contributed by atoms with van der Waals surface area (Å²) in [5, 5.41) is 10.1. The van der Waals surface area contributed by atoms with Gasteiger partial charge in [-0.25, -0.2) is 13.1 Å². The van der Waals surface area contributed by atoms with Crippen molar-refractivity contribution in [3.05, 3.63) is 45.5 Å². The van der Waals surface area contributed by atoms with Gasteiger partial charge in [0.15, 0.2) is 0 Å². The van der Waals surface area contributed by atoms with Gasteiger partial charge >= 0.3 is 0 Å². The summed E-state index contributed by atoms with van der Waals surface area (Å²) in [4.78, 5) is 20.3. The summed E-state index contributed by atoms with van der Waals surface area (Å²) in [6, 6.07) is 5.12. The molecule has 1 aromatic carbocycles. The van der Waals surface area contributed by atoms with Gasteiger partial charge in [0.25, 0.3) is 5.56 Å². The number of nitrogens with two attached hydrogens (primary N) is 1. The average Bonchev–Trinajstić information content (AvgIpc) is 2.80. The van der Waals surface area contributed by atoms with Crippen LogP contribution in [0.5, 0.6) is 5.75 Å². The number of unbranched alkanes of at least 4 members (excludes halogenated alkanes) is 3. The molecule has 0 saturated carbocycles. The van der Waals surface area contributed by atoms with Gasteiger partial charge in [-0.15, -0.1) is 0 Å². The summed E-state index contributed by atoms with van der Waals surface area (Å²) in [6.07, 6.45) is 6.86. The van der Waals surface area contributed by atoms with Crippen molar-refractivity contribution in [2.24, 2.45) is 0 Å². The van der Waals surface area contributed by atoms with Crippen LogP contribution in [0, 0.1) is 5.41 Å². The van der Waals surface area contributed by atoms with Crippen LogP contribution in [0.15, 0.2) is 27.9 Å². The molecule has 1 heterocycles. The number of quaternary nitrogens is 1. The Balaban J connectivity index is 2.39. The van der Waals surface area contributed by atoms with Gasteiger partial charge in [0.2, 0.25) is 15.8 Å². The van der Waals surface area contributed by atoms with Crippen molar-refractivity contribution in [2.45, 2.75) is 76.7 Å². The number of hydrogen-bond acceptors (Lipinski definition) is 6. The Hall–Kier alpha value is -2.56. The smallest absolute Gasteiger partial charge is 0.266 e. The summed E-state index contributed by atoms with van der Waals surface area (Å²) in [6.45, 7) is 5.89. The lowest BCUT2D eigenvalue weighted by molar-refractivity contribution is -0.615. The van der Waals surface area contributed by atoms with E-state index in [2.05, 4.69) is 28.5 Å². The van der Waals surface area contributed by atoms with Crippen molar-refractivity contribution in [3.8, 4) is 5.75 Å². The van der Waals surface area contributed by atoms with Crippen LogP contribution in [0.4, 0.5) is 5.82 Å². The first-order chi connectivity index (χ1) is 16.2. The van der Waals surface area contributed by atoms with Crippen LogP contribution in [0.1, 0.15) is 76.2 Å². The van der Waals surface area contributed by atoms with Gasteiger partial charge in [-0.05, 0) is 50.9 Å². The van der Waals surface area contributed by atoms with Crippen LogP contribution in [0.25, 0.3) is 0 Å². The maximum absolute atomic E-state index is 12.9. The fourth-order valence-corrected chi connectivity index (χ4v) is 4.85. The van der Waals surface area contributed by atoms with E-state index in [1.807, 2.05) is 5.32 Å². The Morgan fingerprint density at radius 2 is 2.00 bits per heavy atom. The summed E-state index contributed by atoms with van der Waals surface area (Å²) in [7, 11) is -0.971. The van der Waals surface area contributed by atoms with Crippen LogP contribution >= 0.6 is 0 Å². The minimum atomic E-state index is -3.72. The molecular weight excluding hydrogens is 454 g/mol. The first-order valence-electron chi connectivity index (χ1n) is 11.8. The van der Waals surface area contributed by atoms with Gasteiger partial charge in [0, 0.05) is 12.1 Å². The second-order valence-corrected chi connectivity index (χ2v) is 10.3. The Labute approximate surface area is 202 Å². The van der Waals surface area contributed by atoms with Gasteiger partial charge in [-0.3, -0.25) is 10.1 Å². The van der Waals surface area contributed by atoms with Crippen LogP contribution < -0.4 is 20.3 Å². The number of aromatic amines is 1. The maximum atomic E-state index is 12.9. The summed E-state index contributed by atoms with van der Waals surface area (Å²) in [5.41, 5.74) is 0.749. The normalized spacial score (nSPS) is 12.5. The first kappa shape index (κ1) is 27.7. The lowest BCUT2D eigenvalue weighted by atomic mass is 10.0. The van der Waals surface area contributed by atoms with Crippen molar-refractivity contribution in [3.63, 3.8) is 0 Å². The third kappa shape index (κ3) is 7.22. The molecule has 10 heteroatoms. The molecule has 188 valence electrons. The Morgan fingerprint density at radius 3 is 2.59 bits per heavy atom. The van der Waals surface area contributed by atoms with Crippen molar-refractivity contribution in [1.82, 2.24) is 14.7 Å². The van der Waals surface area contributed by atoms with Crippen LogP contribution in [0.3, 0.4) is 0 Å². The van der Waals surface area contributed by atoms with Crippen molar-refractivity contribution >= 4 is 21.6 Å². The zero-order valence-corrected chi connectivity index (χ0v) is 21.6. The van der Waals surface area contributed by atoms with Gasteiger partial charge in [0.1, 0.15) is 22.0 Å². The molecule has 0 aliphatic carbocycles. The molecule has 5 N–H and O–H groups in total. The second-order valence-electron chi connectivity index (χ2n) is 8.45. The Kier molecular flexibility index (Phi) is 10.4. The van der Waals surface area contributed by atoms with Crippen LogP contribution in [0.2, 0.25) is 0 Å². The number of nitrogens with zero attached hydrogens (tertiary/aromatic N) is 1. The highest BCUT2D eigenvalue weighted by Crippen LogP contribution is 2.25. The number of methoxy groups -OCH3 is 1. The van der Waals surface area contributed by atoms with Crippen molar-refractivity contribution < 1.29 is 18.5 Å². The number of sulfonamides is 1. The number of nitrogens with one attached hydrogen (secondary N) is 3. The number of rotatable bonds is 14. The quantitative estimate of drug-likeness (QED) is 0.237. The van der Waals surface area contributed by atoms with E-state index in [1.54, 1.807) is 19.1 Å². The predicted octanol–water partition coefficient (Wildman–Crippen LogP) is 2.61. The second kappa shape index (κ2) is 12.8. The lowest BCUT2D eigenvalue weighted by Crippen LogP contribution is -2.85. The number of hydrogen-bond donors (Lipinski definition) is 4. The number of benzene rings is 1. The minimum Gasteiger partial charge on any atom is -0.495 e. The first-order valence-corrected chi connectivity index (χ1v) is 13.3. The van der Waals surface area contributed by atoms with E-state index in [0.29, 0.717) is 17.2 Å². The van der Waals surface area contributed by atoms with Crippen molar-refractivity contribution in [2.75, 3.05) is 14.2 Å². The van der Waals surface area contributed by atoms with E-state index in [1.165, 1.54) is 39.5 Å². The van der Waals surface area contributed by atoms with E-state index in [-0.39, 0.29) is 39.9 Å². The molecule has 1 unspecified atom stereocenters. The van der Waals surface area contributed by atoms with Gasteiger partial charge < -0.3 is 15.1 Å². The molecule has 0 spiro atoms. The highest BCUT2D eigenvalue weighted by atomic mass is 32.2. The third-order valence-corrected chi connectivity index (χ3v) is 7.31. The van der Waals surface area contributed by atoms with Gasteiger partial charge in [-0.2, -0.15) is 4.98 Å². The molecule has 1 aromatic heterocycles. The Bertz CT molecular complexity index is 1140. The molecule has 0 fully saturated rings. The molecule has 0 bridgehead atoms. The largest absolute Gasteiger partial charge is 0.495 e. The SMILES string of the molecule is CCCCCCC(CC)[NH2+]c1nc(Cc2ccc(OC)c(S(=O)(=O)NC)c2)[nH]c(=O)c1C(C)=N. The lowest BCUT2D eigenvalue weighted by Gasteiger charge is -2.15. The fourth-order valence-electron chi connectivity index (χ4n) is 3.91. The molecule has 0 radical (unpaired) electrons. The molecule has 34 heavy (non-hydrogen) atoms. The summed E-state index contributed by atoms with van der Waals surface area (Å²) in [5.74, 6) is 1.17. The number of H-pyrrole nitrogens is 1. The predicted molar refractivity (Wildman–Crippen MR) is 134 cm³/mol. The molecular formula is C24H38N5O4S+. The van der Waals surface area contributed by atoms with Crippen LogP contribution in [-0.2, 0) is 16.4 Å². The van der Waals surface area contributed by atoms with E-state index in [4.69, 9.17) is 10.1 Å². The van der Waals surface area contributed by atoms with E-state index in [9.17, 15) is 13.2 Å². The molecule has 9 nitrogen and oxygen atoms in total. The number of aromatic nitrogens is 2. The summed E-state index contributed by atoms with van der Waals surface area (Å²) >= 11 is 0. The fraction of sp³-hybridized carbons (Fsp3) is 0.542. The standard InChI is InChI=1S/C24H37N5O4S/c1-6-8-9-10-11-18(7-2)27-23-22(16(3)25)24(30)29-21(28-23)15-17-12-13-19(33-5)20(14-17)34(31,32)26-4/h12-14,18,25-26H,6-11,15H2,1-5H3,(H2,27,28,29,30)/p+1. The molecule has 1 atom stereocenters. The molecule has 2 aromatic rings. The third-order valence-electron chi connectivity index (χ3n) is 5.88. The van der Waals surface area contributed by atoms with Gasteiger partial charge in [-0.1, -0.05) is 39.2 Å². The topological polar surface area (TPSA) is 142 Å². The van der Waals surface area contributed by atoms with E-state index < -0.39 is 10.0 Å². The molecule has 0 saturated heterocycles. The van der Waals surface area contributed by atoms with Gasteiger partial charge in [0.05, 0.1) is 13.2 Å². The van der Waals surface area contributed by atoms with E-state index in [0.717, 1.165) is 19.3 Å². The summed E-state index contributed by atoms with van der Waals surface area (Å²) < 4.78 is 32.3. The highest BCUT2D eigenvalue weighted by molar-refractivity contribution is 7.89. The number of ether oxygens (including phenoxy) is 1. The zero-order valence-electron chi connectivity index (χ0n) is 20.8. The molecule has 0 aliphatic rings. The highest BCUT2D eigenvalue weighted by Gasteiger charge is 2.22. The van der Waals surface area contributed by atoms with E-state index >= 15 is 0 Å². The monoisotopic (exact) mass is 492 g/mol.